The standard InChI is InChI=1S/C12H18N2O2/c13-6-10(7-3-1-2-4-7)14-11(15)8-5-9(8)12(14)16/h7-10H,1-6,13H2. The first kappa shape index (κ1) is 10.3. The number of hydrogen-bond donors (Lipinski definition) is 1. The van der Waals surface area contributed by atoms with E-state index in [4.69, 9.17) is 5.73 Å². The SMILES string of the molecule is NCC(C1CCCC1)N1C(=O)C2CC2C1=O. The van der Waals surface area contributed by atoms with Crippen molar-refractivity contribution in [3.8, 4) is 0 Å². The Morgan fingerprint density at radius 2 is 1.75 bits per heavy atom. The smallest absolute Gasteiger partial charge is 0.233 e. The van der Waals surface area contributed by atoms with Crippen LogP contribution in [0.2, 0.25) is 0 Å². The normalized spacial score (nSPS) is 35.7. The molecule has 4 heteroatoms. The Bertz CT molecular complexity index is 316. The Hall–Kier alpha value is -0.900. The van der Waals surface area contributed by atoms with E-state index in [9.17, 15) is 9.59 Å². The molecule has 0 aromatic heterocycles. The Kier molecular flexibility index (Phi) is 2.28. The molecule has 3 aliphatic rings. The monoisotopic (exact) mass is 222 g/mol. The number of imide groups is 1. The fourth-order valence-corrected chi connectivity index (χ4v) is 3.38. The van der Waals surface area contributed by atoms with Crippen LogP contribution in [-0.2, 0) is 9.59 Å². The molecule has 0 radical (unpaired) electrons. The number of fused-ring (bicyclic) bond motifs is 1. The van der Waals surface area contributed by atoms with Gasteiger partial charge in [0.25, 0.3) is 0 Å². The number of nitrogens with two attached hydrogens (primary N) is 1. The first-order chi connectivity index (χ1) is 7.74. The number of nitrogens with zero attached hydrogens (tertiary/aromatic N) is 1. The number of rotatable bonds is 3. The third-order valence-corrected chi connectivity index (χ3v) is 4.42. The predicted molar refractivity (Wildman–Crippen MR) is 58.3 cm³/mol. The van der Waals surface area contributed by atoms with Crippen molar-refractivity contribution >= 4 is 11.8 Å². The van der Waals surface area contributed by atoms with Crippen molar-refractivity contribution in [1.29, 1.82) is 0 Å². The molecule has 0 aromatic carbocycles. The molecule has 2 aliphatic carbocycles. The highest BCUT2D eigenvalue weighted by Crippen LogP contribution is 2.48. The Balaban J connectivity index is 1.79. The second-order valence-corrected chi connectivity index (χ2v) is 5.34. The molecule has 2 N–H and O–H groups in total. The van der Waals surface area contributed by atoms with E-state index < -0.39 is 0 Å². The zero-order chi connectivity index (χ0) is 11.3. The van der Waals surface area contributed by atoms with E-state index in [1.54, 1.807) is 0 Å². The summed E-state index contributed by atoms with van der Waals surface area (Å²) in [6.45, 7) is 0.432. The summed E-state index contributed by atoms with van der Waals surface area (Å²) < 4.78 is 0. The van der Waals surface area contributed by atoms with Gasteiger partial charge in [0.2, 0.25) is 11.8 Å². The van der Waals surface area contributed by atoms with Crippen LogP contribution in [0.1, 0.15) is 32.1 Å². The summed E-state index contributed by atoms with van der Waals surface area (Å²) in [4.78, 5) is 25.4. The van der Waals surface area contributed by atoms with Crippen molar-refractivity contribution in [3.05, 3.63) is 0 Å². The van der Waals surface area contributed by atoms with Gasteiger partial charge in [-0.1, -0.05) is 12.8 Å². The van der Waals surface area contributed by atoms with Gasteiger partial charge in [-0.25, -0.2) is 0 Å². The van der Waals surface area contributed by atoms with Gasteiger partial charge in [-0.3, -0.25) is 14.5 Å². The number of piperidine rings is 1. The summed E-state index contributed by atoms with van der Waals surface area (Å²) in [6.07, 6.45) is 5.45. The molecule has 1 saturated heterocycles. The van der Waals surface area contributed by atoms with Crippen molar-refractivity contribution in [2.24, 2.45) is 23.5 Å². The molecule has 0 aromatic rings. The van der Waals surface area contributed by atoms with E-state index >= 15 is 0 Å². The molecular formula is C12H18N2O2. The molecular weight excluding hydrogens is 204 g/mol. The molecule has 3 rings (SSSR count). The summed E-state index contributed by atoms with van der Waals surface area (Å²) in [5.41, 5.74) is 5.77. The summed E-state index contributed by atoms with van der Waals surface area (Å²) in [5.74, 6) is 0.594. The van der Waals surface area contributed by atoms with Gasteiger partial charge in [0.15, 0.2) is 0 Å². The minimum atomic E-state index is -0.0182. The average molecular weight is 222 g/mol. The van der Waals surface area contributed by atoms with E-state index in [0.717, 1.165) is 19.3 Å². The molecule has 88 valence electrons. The van der Waals surface area contributed by atoms with Gasteiger partial charge in [0.05, 0.1) is 17.9 Å². The van der Waals surface area contributed by atoms with E-state index in [0.29, 0.717) is 12.5 Å². The minimum absolute atomic E-state index is 0.0166. The maximum Gasteiger partial charge on any atom is 0.233 e. The molecule has 3 atom stereocenters. The van der Waals surface area contributed by atoms with Crippen LogP contribution in [0.4, 0.5) is 0 Å². The first-order valence-electron chi connectivity index (χ1n) is 6.31. The summed E-state index contributed by atoms with van der Waals surface area (Å²) in [7, 11) is 0. The Labute approximate surface area is 95.2 Å². The highest BCUT2D eigenvalue weighted by atomic mass is 16.2. The highest BCUT2D eigenvalue weighted by Gasteiger charge is 2.60. The lowest BCUT2D eigenvalue weighted by Crippen LogP contribution is -2.49. The van der Waals surface area contributed by atoms with Crippen LogP contribution in [0.15, 0.2) is 0 Å². The molecule has 4 nitrogen and oxygen atoms in total. The van der Waals surface area contributed by atoms with Crippen LogP contribution in [0.5, 0.6) is 0 Å². The quantitative estimate of drug-likeness (QED) is 0.708. The number of hydrogen-bond acceptors (Lipinski definition) is 3. The average Bonchev–Trinajstić information content (AvgIpc) is 2.83. The van der Waals surface area contributed by atoms with Crippen LogP contribution in [0, 0.1) is 17.8 Å². The summed E-state index contributed by atoms with van der Waals surface area (Å²) in [5, 5.41) is 0. The van der Waals surface area contributed by atoms with Gasteiger partial charge in [-0.2, -0.15) is 0 Å². The maximum absolute atomic E-state index is 12.0. The van der Waals surface area contributed by atoms with Crippen molar-refractivity contribution in [3.63, 3.8) is 0 Å². The van der Waals surface area contributed by atoms with Crippen molar-refractivity contribution in [1.82, 2.24) is 4.90 Å². The topological polar surface area (TPSA) is 63.4 Å². The zero-order valence-corrected chi connectivity index (χ0v) is 9.39. The van der Waals surface area contributed by atoms with Crippen molar-refractivity contribution < 1.29 is 9.59 Å². The molecule has 3 unspecified atom stereocenters. The van der Waals surface area contributed by atoms with Crippen LogP contribution in [-0.4, -0.2) is 29.3 Å². The molecule has 0 spiro atoms. The molecule has 1 aliphatic heterocycles. The van der Waals surface area contributed by atoms with Gasteiger partial charge in [0.1, 0.15) is 0 Å². The van der Waals surface area contributed by atoms with Gasteiger partial charge < -0.3 is 5.73 Å². The third kappa shape index (κ3) is 1.32. The number of amides is 2. The lowest BCUT2D eigenvalue weighted by Gasteiger charge is -2.31. The number of likely N-dealkylation sites (tertiary alicyclic amines) is 1. The van der Waals surface area contributed by atoms with E-state index in [-0.39, 0.29) is 29.7 Å². The first-order valence-corrected chi connectivity index (χ1v) is 6.31. The van der Waals surface area contributed by atoms with Gasteiger partial charge in [-0.05, 0) is 25.2 Å². The minimum Gasteiger partial charge on any atom is -0.328 e. The second kappa shape index (κ2) is 3.55. The largest absolute Gasteiger partial charge is 0.328 e. The maximum atomic E-state index is 12.0. The van der Waals surface area contributed by atoms with Gasteiger partial charge in [-0.15, -0.1) is 0 Å². The van der Waals surface area contributed by atoms with E-state index in [2.05, 4.69) is 0 Å². The van der Waals surface area contributed by atoms with Crippen molar-refractivity contribution in [2.45, 2.75) is 38.1 Å². The van der Waals surface area contributed by atoms with Crippen molar-refractivity contribution in [2.75, 3.05) is 6.54 Å². The molecule has 2 amide bonds. The number of carbonyl (C=O) groups is 2. The molecule has 2 saturated carbocycles. The van der Waals surface area contributed by atoms with E-state index in [1.165, 1.54) is 17.7 Å². The molecule has 1 heterocycles. The lowest BCUT2D eigenvalue weighted by molar-refractivity contribution is -0.145. The van der Waals surface area contributed by atoms with Crippen LogP contribution >= 0.6 is 0 Å². The van der Waals surface area contributed by atoms with Gasteiger partial charge in [0, 0.05) is 6.54 Å². The number of carbonyl (C=O) groups excluding carboxylic acids is 2. The van der Waals surface area contributed by atoms with Crippen LogP contribution in [0.25, 0.3) is 0 Å². The van der Waals surface area contributed by atoms with Crippen LogP contribution in [0.3, 0.4) is 0 Å². The summed E-state index contributed by atoms with van der Waals surface area (Å²) >= 11 is 0. The fourth-order valence-electron chi connectivity index (χ4n) is 3.38. The molecule has 16 heavy (non-hydrogen) atoms. The third-order valence-electron chi connectivity index (χ3n) is 4.42. The Morgan fingerprint density at radius 1 is 1.19 bits per heavy atom. The lowest BCUT2D eigenvalue weighted by atomic mass is 9.96. The molecule has 3 fully saturated rings. The van der Waals surface area contributed by atoms with E-state index in [1.807, 2.05) is 0 Å². The second-order valence-electron chi connectivity index (χ2n) is 5.34. The van der Waals surface area contributed by atoms with Crippen LogP contribution < -0.4 is 5.73 Å². The zero-order valence-electron chi connectivity index (χ0n) is 9.39. The predicted octanol–water partition coefficient (Wildman–Crippen LogP) is 0.509. The van der Waals surface area contributed by atoms with Gasteiger partial charge >= 0.3 is 0 Å². The summed E-state index contributed by atoms with van der Waals surface area (Å²) in [6, 6.07) is -0.0182. The fraction of sp³-hybridized carbons (Fsp3) is 0.833. The molecule has 0 bridgehead atoms. The highest BCUT2D eigenvalue weighted by molar-refractivity contribution is 6.09. The Morgan fingerprint density at radius 3 is 2.25 bits per heavy atom.